The molecule has 0 saturated heterocycles. The Morgan fingerprint density at radius 2 is 1.95 bits per heavy atom. The van der Waals surface area contributed by atoms with Crippen LogP contribution in [-0.4, -0.2) is 23.0 Å². The fourth-order valence-electron chi connectivity index (χ4n) is 2.67. The molecule has 0 aliphatic heterocycles. The van der Waals surface area contributed by atoms with Crippen LogP contribution in [-0.2, 0) is 4.79 Å². The van der Waals surface area contributed by atoms with Crippen molar-refractivity contribution in [1.82, 2.24) is 5.32 Å². The highest BCUT2D eigenvalue weighted by molar-refractivity contribution is 5.90. The fraction of sp³-hybridized carbons (Fsp3) is 0.857. The van der Waals surface area contributed by atoms with Gasteiger partial charge in [-0.1, -0.05) is 45.2 Å². The number of rotatable bonds is 4. The van der Waals surface area contributed by atoms with Gasteiger partial charge in [-0.2, -0.15) is 0 Å². The van der Waals surface area contributed by atoms with Crippen LogP contribution < -0.4 is 11.1 Å². The minimum absolute atomic E-state index is 0.0327. The molecule has 1 amide bonds. The van der Waals surface area contributed by atoms with Gasteiger partial charge in [-0.15, -0.1) is 0 Å². The van der Waals surface area contributed by atoms with Crippen molar-refractivity contribution in [3.8, 4) is 0 Å². The molecule has 0 aromatic carbocycles. The van der Waals surface area contributed by atoms with E-state index in [1.165, 1.54) is 6.42 Å². The van der Waals surface area contributed by atoms with Crippen molar-refractivity contribution < 1.29 is 10.0 Å². The second kappa shape index (κ2) is 6.78. The monoisotopic (exact) mass is 269 g/mol. The molecule has 110 valence electrons. The number of carbonyl (C=O) groups excluding carboxylic acids is 1. The van der Waals surface area contributed by atoms with Gasteiger partial charge in [0.25, 0.3) is 0 Å². The molecule has 1 aliphatic carbocycles. The van der Waals surface area contributed by atoms with E-state index < -0.39 is 0 Å². The summed E-state index contributed by atoms with van der Waals surface area (Å²) in [5.74, 6) is 0.373. The quantitative estimate of drug-likeness (QED) is 0.316. The van der Waals surface area contributed by atoms with E-state index in [0.29, 0.717) is 6.42 Å². The molecule has 1 atom stereocenters. The zero-order valence-electron chi connectivity index (χ0n) is 12.3. The Morgan fingerprint density at radius 1 is 1.37 bits per heavy atom. The fourth-order valence-corrected chi connectivity index (χ4v) is 2.67. The molecule has 4 N–H and O–H groups in total. The summed E-state index contributed by atoms with van der Waals surface area (Å²) in [7, 11) is 0. The highest BCUT2D eigenvalue weighted by Crippen LogP contribution is 2.27. The van der Waals surface area contributed by atoms with Gasteiger partial charge >= 0.3 is 0 Å². The first-order valence-corrected chi connectivity index (χ1v) is 7.10. The lowest BCUT2D eigenvalue weighted by Gasteiger charge is -2.30. The van der Waals surface area contributed by atoms with Crippen molar-refractivity contribution in [1.29, 1.82) is 0 Å². The molecule has 1 aliphatic rings. The van der Waals surface area contributed by atoms with Crippen LogP contribution in [0.5, 0.6) is 0 Å². The van der Waals surface area contributed by atoms with Crippen molar-refractivity contribution in [2.24, 2.45) is 22.2 Å². The number of carbonyl (C=O) groups is 1. The zero-order chi connectivity index (χ0) is 14.5. The standard InChI is InChI=1S/C14H27N3O2/c1-14(2,3)9-11(18)16-12(13(15)17-19)10-7-5-4-6-8-10/h10,12,19H,4-9H2,1-3H3,(H2,15,17)(H,16,18). The SMILES string of the molecule is CC(C)(C)CC(=O)NC(/C(N)=N/O)C1CCCCC1. The van der Waals surface area contributed by atoms with Crippen LogP contribution in [0.15, 0.2) is 5.16 Å². The third-order valence-electron chi connectivity index (χ3n) is 3.56. The van der Waals surface area contributed by atoms with Gasteiger partial charge in [0.15, 0.2) is 5.84 Å². The third kappa shape index (κ3) is 5.49. The van der Waals surface area contributed by atoms with Crippen molar-refractivity contribution in [3.63, 3.8) is 0 Å². The lowest BCUT2D eigenvalue weighted by Crippen LogP contribution is -2.50. The van der Waals surface area contributed by atoms with Gasteiger partial charge in [-0.25, -0.2) is 0 Å². The number of amidine groups is 1. The van der Waals surface area contributed by atoms with Crippen LogP contribution in [0.4, 0.5) is 0 Å². The summed E-state index contributed by atoms with van der Waals surface area (Å²) < 4.78 is 0. The van der Waals surface area contributed by atoms with E-state index in [1.54, 1.807) is 0 Å². The summed E-state index contributed by atoms with van der Waals surface area (Å²) in [6, 6.07) is -0.333. The molecule has 1 rings (SSSR count). The highest BCUT2D eigenvalue weighted by atomic mass is 16.4. The Labute approximate surface area is 115 Å². The van der Waals surface area contributed by atoms with E-state index in [9.17, 15) is 4.79 Å². The van der Waals surface area contributed by atoms with Crippen LogP contribution in [0, 0.1) is 11.3 Å². The van der Waals surface area contributed by atoms with Gasteiger partial charge in [0.05, 0.1) is 6.04 Å². The molecule has 0 bridgehead atoms. The second-order valence-electron chi connectivity index (χ2n) is 6.71. The Bertz CT molecular complexity index is 328. The van der Waals surface area contributed by atoms with E-state index >= 15 is 0 Å². The maximum atomic E-state index is 12.0. The van der Waals surface area contributed by atoms with Gasteiger partial charge in [0.2, 0.25) is 5.91 Å². The Kier molecular flexibility index (Phi) is 5.63. The third-order valence-corrected chi connectivity index (χ3v) is 3.56. The predicted octanol–water partition coefficient (Wildman–Crippen LogP) is 2.23. The van der Waals surface area contributed by atoms with Crippen LogP contribution in [0.3, 0.4) is 0 Å². The maximum absolute atomic E-state index is 12.0. The number of nitrogens with one attached hydrogen (secondary N) is 1. The summed E-state index contributed by atoms with van der Waals surface area (Å²) in [5, 5.41) is 14.9. The minimum Gasteiger partial charge on any atom is -0.409 e. The molecular formula is C14H27N3O2. The smallest absolute Gasteiger partial charge is 0.221 e. The van der Waals surface area contributed by atoms with E-state index in [4.69, 9.17) is 10.9 Å². The van der Waals surface area contributed by atoms with E-state index in [0.717, 1.165) is 25.7 Å². The molecule has 0 aromatic heterocycles. The highest BCUT2D eigenvalue weighted by Gasteiger charge is 2.29. The number of hydrogen-bond donors (Lipinski definition) is 3. The summed E-state index contributed by atoms with van der Waals surface area (Å²) >= 11 is 0. The van der Waals surface area contributed by atoms with E-state index in [1.807, 2.05) is 20.8 Å². The van der Waals surface area contributed by atoms with Gasteiger partial charge in [0.1, 0.15) is 0 Å². The van der Waals surface area contributed by atoms with Gasteiger partial charge in [0, 0.05) is 6.42 Å². The number of nitrogens with zero attached hydrogens (tertiary/aromatic N) is 1. The molecule has 19 heavy (non-hydrogen) atoms. The molecular weight excluding hydrogens is 242 g/mol. The molecule has 0 heterocycles. The minimum atomic E-state index is -0.333. The molecule has 5 heteroatoms. The molecule has 1 saturated carbocycles. The number of hydrogen-bond acceptors (Lipinski definition) is 3. The van der Waals surface area contributed by atoms with Gasteiger partial charge in [-0.3, -0.25) is 4.79 Å². The van der Waals surface area contributed by atoms with Gasteiger partial charge < -0.3 is 16.3 Å². The van der Waals surface area contributed by atoms with Crippen LogP contribution >= 0.6 is 0 Å². The van der Waals surface area contributed by atoms with Gasteiger partial charge in [-0.05, 0) is 24.2 Å². The summed E-state index contributed by atoms with van der Waals surface area (Å²) in [6.45, 7) is 6.06. The van der Waals surface area contributed by atoms with E-state index in [2.05, 4.69) is 10.5 Å². The topological polar surface area (TPSA) is 87.7 Å². The zero-order valence-corrected chi connectivity index (χ0v) is 12.3. The average molecular weight is 269 g/mol. The lowest BCUT2D eigenvalue weighted by molar-refractivity contribution is -0.123. The molecule has 0 radical (unpaired) electrons. The Morgan fingerprint density at radius 3 is 2.42 bits per heavy atom. The first-order chi connectivity index (χ1) is 8.83. The number of oxime groups is 1. The van der Waals surface area contributed by atoms with Crippen LogP contribution in [0.1, 0.15) is 59.3 Å². The Hall–Kier alpha value is -1.26. The predicted molar refractivity (Wildman–Crippen MR) is 76.0 cm³/mol. The second-order valence-corrected chi connectivity index (χ2v) is 6.71. The first-order valence-electron chi connectivity index (χ1n) is 7.10. The molecule has 5 nitrogen and oxygen atoms in total. The Balaban J connectivity index is 2.67. The average Bonchev–Trinajstić information content (AvgIpc) is 2.34. The van der Waals surface area contributed by atoms with E-state index in [-0.39, 0.29) is 29.1 Å². The normalized spacial score (nSPS) is 20.1. The van der Waals surface area contributed by atoms with Crippen molar-refractivity contribution >= 4 is 11.7 Å². The largest absolute Gasteiger partial charge is 0.409 e. The van der Waals surface area contributed by atoms with Crippen molar-refractivity contribution in [2.75, 3.05) is 0 Å². The van der Waals surface area contributed by atoms with Crippen molar-refractivity contribution in [2.45, 2.75) is 65.3 Å². The maximum Gasteiger partial charge on any atom is 0.221 e. The molecule has 0 spiro atoms. The number of amides is 1. The number of nitrogens with two attached hydrogens (primary N) is 1. The molecule has 1 fully saturated rings. The summed E-state index contributed by atoms with van der Waals surface area (Å²) in [6.07, 6.45) is 6.02. The summed E-state index contributed by atoms with van der Waals surface area (Å²) in [4.78, 5) is 12.0. The summed E-state index contributed by atoms with van der Waals surface area (Å²) in [5.41, 5.74) is 5.68. The lowest BCUT2D eigenvalue weighted by atomic mass is 9.83. The first kappa shape index (κ1) is 15.8. The van der Waals surface area contributed by atoms with Crippen LogP contribution in [0.2, 0.25) is 0 Å². The molecule has 1 unspecified atom stereocenters. The van der Waals surface area contributed by atoms with Crippen molar-refractivity contribution in [3.05, 3.63) is 0 Å². The molecule has 0 aromatic rings. The van der Waals surface area contributed by atoms with Crippen LogP contribution in [0.25, 0.3) is 0 Å².